The van der Waals surface area contributed by atoms with Crippen LogP contribution in [0.15, 0.2) is 48.5 Å². The summed E-state index contributed by atoms with van der Waals surface area (Å²) in [7, 11) is 1.18. The Morgan fingerprint density at radius 2 is 1.90 bits per heavy atom. The summed E-state index contributed by atoms with van der Waals surface area (Å²) in [5, 5.41) is 0. The lowest BCUT2D eigenvalue weighted by Crippen LogP contribution is -2.19. The minimum absolute atomic E-state index is 0.114. The molecule has 1 unspecified atom stereocenters. The van der Waals surface area contributed by atoms with Crippen molar-refractivity contribution in [2.24, 2.45) is 5.73 Å². The van der Waals surface area contributed by atoms with Crippen LogP contribution in [0.5, 0.6) is 5.75 Å². The zero-order chi connectivity index (χ0) is 15.2. The van der Waals surface area contributed by atoms with E-state index in [9.17, 15) is 9.18 Å². The number of amides is 1. The van der Waals surface area contributed by atoms with Crippen LogP contribution in [0.1, 0.15) is 21.5 Å². The number of halogens is 1. The van der Waals surface area contributed by atoms with E-state index in [0.717, 1.165) is 5.56 Å². The van der Waals surface area contributed by atoms with E-state index in [1.54, 1.807) is 12.1 Å². The monoisotopic (exact) mass is 289 g/mol. The van der Waals surface area contributed by atoms with Gasteiger partial charge in [-0.2, -0.15) is 4.39 Å². The Morgan fingerprint density at radius 1 is 1.19 bits per heavy atom. The SMILES string of the molecule is COC(F)Oc1c(Cc2ccccc2)cccc1C(N)=O. The van der Waals surface area contributed by atoms with Gasteiger partial charge in [-0.05, 0) is 17.2 Å². The van der Waals surface area contributed by atoms with E-state index in [4.69, 9.17) is 10.5 Å². The third kappa shape index (κ3) is 3.79. The van der Waals surface area contributed by atoms with Crippen molar-refractivity contribution in [1.29, 1.82) is 0 Å². The molecule has 2 rings (SSSR count). The lowest BCUT2D eigenvalue weighted by molar-refractivity contribution is -0.146. The first-order chi connectivity index (χ1) is 10.1. The van der Waals surface area contributed by atoms with Crippen molar-refractivity contribution in [3.8, 4) is 5.75 Å². The molecule has 2 aromatic rings. The summed E-state index contributed by atoms with van der Waals surface area (Å²) in [6, 6.07) is 14.5. The van der Waals surface area contributed by atoms with Crippen molar-refractivity contribution >= 4 is 5.91 Å². The highest BCUT2D eigenvalue weighted by molar-refractivity contribution is 5.96. The second kappa shape index (κ2) is 6.85. The van der Waals surface area contributed by atoms with Crippen molar-refractivity contribution in [3.05, 3.63) is 65.2 Å². The molecular weight excluding hydrogens is 273 g/mol. The fraction of sp³-hybridized carbons (Fsp3) is 0.188. The van der Waals surface area contributed by atoms with Gasteiger partial charge in [-0.25, -0.2) is 0 Å². The maximum atomic E-state index is 13.4. The highest BCUT2D eigenvalue weighted by Crippen LogP contribution is 2.27. The van der Waals surface area contributed by atoms with Crippen LogP contribution < -0.4 is 10.5 Å². The maximum absolute atomic E-state index is 13.4. The maximum Gasteiger partial charge on any atom is 0.352 e. The van der Waals surface area contributed by atoms with Crippen molar-refractivity contribution in [1.82, 2.24) is 0 Å². The number of primary amides is 1. The van der Waals surface area contributed by atoms with Crippen molar-refractivity contribution < 1.29 is 18.7 Å². The minimum Gasteiger partial charge on any atom is -0.437 e. The molecule has 0 saturated heterocycles. The highest BCUT2D eigenvalue weighted by atomic mass is 19.2. The van der Waals surface area contributed by atoms with Crippen LogP contribution in [0.25, 0.3) is 0 Å². The summed E-state index contributed by atoms with van der Waals surface area (Å²) in [5.41, 5.74) is 7.11. The average Bonchev–Trinajstić information content (AvgIpc) is 2.49. The van der Waals surface area contributed by atoms with Crippen LogP contribution in [-0.2, 0) is 11.2 Å². The topological polar surface area (TPSA) is 61.6 Å². The molecule has 0 heterocycles. The fourth-order valence-corrected chi connectivity index (χ4v) is 2.01. The number of para-hydroxylation sites is 1. The number of benzene rings is 2. The van der Waals surface area contributed by atoms with E-state index in [-0.39, 0.29) is 11.3 Å². The second-order valence-corrected chi connectivity index (χ2v) is 4.45. The predicted octanol–water partition coefficient (Wildman–Crippen LogP) is 2.65. The smallest absolute Gasteiger partial charge is 0.352 e. The molecule has 0 bridgehead atoms. The van der Waals surface area contributed by atoms with Gasteiger partial charge in [0.05, 0.1) is 5.56 Å². The second-order valence-electron chi connectivity index (χ2n) is 4.45. The molecular formula is C16H16FNO3. The number of alkyl halides is 1. The summed E-state index contributed by atoms with van der Waals surface area (Å²) >= 11 is 0. The molecule has 0 saturated carbocycles. The Hall–Kier alpha value is -2.40. The van der Waals surface area contributed by atoms with E-state index in [1.165, 1.54) is 13.2 Å². The summed E-state index contributed by atoms with van der Waals surface area (Å²) < 4.78 is 22.9. The lowest BCUT2D eigenvalue weighted by atomic mass is 10.0. The van der Waals surface area contributed by atoms with E-state index in [0.29, 0.717) is 12.0 Å². The Morgan fingerprint density at radius 3 is 2.52 bits per heavy atom. The standard InChI is InChI=1S/C16H16FNO3/c1-20-16(17)21-14-12(8-5-9-13(14)15(18)19)10-11-6-3-2-4-7-11/h2-9,16H,10H2,1H3,(H2,18,19). The minimum atomic E-state index is -1.96. The zero-order valence-electron chi connectivity index (χ0n) is 11.6. The largest absolute Gasteiger partial charge is 0.437 e. The highest BCUT2D eigenvalue weighted by Gasteiger charge is 2.18. The number of ether oxygens (including phenoxy) is 2. The molecule has 0 aliphatic rings. The molecule has 2 N–H and O–H groups in total. The summed E-state index contributed by atoms with van der Waals surface area (Å²) in [6.07, 6.45) is 0.494. The lowest BCUT2D eigenvalue weighted by Gasteiger charge is -2.16. The molecule has 21 heavy (non-hydrogen) atoms. The Bertz CT molecular complexity index is 616. The van der Waals surface area contributed by atoms with E-state index >= 15 is 0 Å². The van der Waals surface area contributed by atoms with Gasteiger partial charge in [-0.1, -0.05) is 42.5 Å². The van der Waals surface area contributed by atoms with Crippen LogP contribution in [0, 0.1) is 0 Å². The van der Waals surface area contributed by atoms with Crippen LogP contribution in [-0.4, -0.2) is 19.6 Å². The first kappa shape index (κ1) is 15.0. The first-order valence-corrected chi connectivity index (χ1v) is 6.41. The predicted molar refractivity (Wildman–Crippen MR) is 76.7 cm³/mol. The molecule has 0 fully saturated rings. The molecule has 4 nitrogen and oxygen atoms in total. The number of hydrogen-bond acceptors (Lipinski definition) is 3. The molecule has 2 aromatic carbocycles. The molecule has 5 heteroatoms. The van der Waals surface area contributed by atoms with E-state index in [1.807, 2.05) is 30.3 Å². The molecule has 0 aromatic heterocycles. The average molecular weight is 289 g/mol. The van der Waals surface area contributed by atoms with Gasteiger partial charge in [0.15, 0.2) is 0 Å². The molecule has 1 amide bonds. The number of hydrogen-bond donors (Lipinski definition) is 1. The molecule has 0 radical (unpaired) electrons. The number of carbonyl (C=O) groups is 1. The van der Waals surface area contributed by atoms with Gasteiger partial charge in [-0.15, -0.1) is 0 Å². The van der Waals surface area contributed by atoms with Crippen LogP contribution in [0.4, 0.5) is 4.39 Å². The van der Waals surface area contributed by atoms with Crippen molar-refractivity contribution in [2.75, 3.05) is 7.11 Å². The van der Waals surface area contributed by atoms with Gasteiger partial charge in [0.25, 0.3) is 5.91 Å². The van der Waals surface area contributed by atoms with Gasteiger partial charge in [0, 0.05) is 13.5 Å². The zero-order valence-corrected chi connectivity index (χ0v) is 11.6. The normalized spacial score (nSPS) is 11.9. The molecule has 110 valence electrons. The van der Waals surface area contributed by atoms with Crippen LogP contribution in [0.2, 0.25) is 0 Å². The quantitative estimate of drug-likeness (QED) is 0.832. The van der Waals surface area contributed by atoms with Gasteiger partial charge in [0.1, 0.15) is 5.75 Å². The molecule has 0 spiro atoms. The van der Waals surface area contributed by atoms with Gasteiger partial charge >= 0.3 is 6.54 Å². The van der Waals surface area contributed by atoms with Gasteiger partial charge in [-0.3, -0.25) is 4.79 Å². The van der Waals surface area contributed by atoms with Crippen molar-refractivity contribution in [3.63, 3.8) is 0 Å². The molecule has 0 aliphatic heterocycles. The van der Waals surface area contributed by atoms with E-state index < -0.39 is 12.5 Å². The number of methoxy groups -OCH3 is 1. The number of nitrogens with two attached hydrogens (primary N) is 1. The Balaban J connectivity index is 2.39. The summed E-state index contributed by atoms with van der Waals surface area (Å²) in [5.74, 6) is -0.564. The first-order valence-electron chi connectivity index (χ1n) is 6.41. The fourth-order valence-electron chi connectivity index (χ4n) is 2.01. The van der Waals surface area contributed by atoms with E-state index in [2.05, 4.69) is 4.74 Å². The summed E-state index contributed by atoms with van der Waals surface area (Å²) in [4.78, 5) is 11.5. The van der Waals surface area contributed by atoms with Gasteiger partial charge in [0.2, 0.25) is 0 Å². The van der Waals surface area contributed by atoms with Crippen LogP contribution >= 0.6 is 0 Å². The third-order valence-electron chi connectivity index (χ3n) is 3.00. The van der Waals surface area contributed by atoms with Crippen molar-refractivity contribution in [2.45, 2.75) is 13.0 Å². The molecule has 0 aliphatic carbocycles. The number of carbonyl (C=O) groups excluding carboxylic acids is 1. The van der Waals surface area contributed by atoms with Crippen LogP contribution in [0.3, 0.4) is 0 Å². The van der Waals surface area contributed by atoms with Gasteiger partial charge < -0.3 is 15.2 Å². The summed E-state index contributed by atoms with van der Waals surface area (Å²) in [6.45, 7) is -1.96. The Labute approximate surface area is 122 Å². The molecule has 1 atom stereocenters. The third-order valence-corrected chi connectivity index (χ3v) is 3.00. The number of rotatable bonds is 6. The Kier molecular flexibility index (Phi) is 4.90.